The largest absolute Gasteiger partial charge is 0.481 e. The van der Waals surface area contributed by atoms with Gasteiger partial charge in [-0.2, -0.15) is 0 Å². The van der Waals surface area contributed by atoms with Gasteiger partial charge in [-0.25, -0.2) is 4.98 Å². The van der Waals surface area contributed by atoms with E-state index < -0.39 is 0 Å². The van der Waals surface area contributed by atoms with Gasteiger partial charge in [0.05, 0.1) is 44.0 Å². The first kappa shape index (κ1) is 31.2. The van der Waals surface area contributed by atoms with E-state index in [2.05, 4.69) is 61.9 Å². The molecule has 232 valence electrons. The molecule has 1 saturated heterocycles. The van der Waals surface area contributed by atoms with Crippen LogP contribution in [0.2, 0.25) is 10.0 Å². The highest BCUT2D eigenvalue weighted by atomic mass is 35.5. The summed E-state index contributed by atoms with van der Waals surface area (Å²) in [6.07, 6.45) is 6.36. The molecule has 2 N–H and O–H groups in total. The molecule has 5 aromatic rings. The van der Waals surface area contributed by atoms with Gasteiger partial charge >= 0.3 is 0 Å². The second-order valence-corrected chi connectivity index (χ2v) is 13.7. The molecule has 0 unspecified atom stereocenters. The van der Waals surface area contributed by atoms with Crippen molar-refractivity contribution in [2.24, 2.45) is 0 Å². The van der Waals surface area contributed by atoms with E-state index in [9.17, 15) is 4.79 Å². The van der Waals surface area contributed by atoms with Gasteiger partial charge in [0, 0.05) is 62.9 Å². The number of rotatable bonds is 10. The predicted octanol–water partition coefficient (Wildman–Crippen LogP) is 8.69. The average molecular weight is 643 g/mol. The zero-order valence-corrected chi connectivity index (χ0v) is 27.7. The van der Waals surface area contributed by atoms with Crippen LogP contribution in [0.1, 0.15) is 36.8 Å². The number of H-pyrrole nitrogens is 1. The number of amides is 1. The number of pyridine rings is 1. The zero-order valence-electron chi connectivity index (χ0n) is 26.2. The van der Waals surface area contributed by atoms with Crippen molar-refractivity contribution in [3.05, 3.63) is 94.1 Å². The molecular formula is C37H39Cl2N4O2+. The second-order valence-electron chi connectivity index (χ2n) is 12.9. The quantitative estimate of drug-likeness (QED) is 0.150. The van der Waals surface area contributed by atoms with Gasteiger partial charge in [-0.3, -0.25) is 4.79 Å². The van der Waals surface area contributed by atoms with Crippen molar-refractivity contribution in [1.82, 2.24) is 15.3 Å². The Balaban J connectivity index is 1.27. The van der Waals surface area contributed by atoms with Crippen LogP contribution in [-0.2, 0) is 17.8 Å². The number of aromatic amines is 1. The molecule has 1 amide bonds. The van der Waals surface area contributed by atoms with E-state index in [1.807, 2.05) is 42.5 Å². The second kappa shape index (κ2) is 12.9. The number of aryl methyl sites for hydroxylation is 1. The van der Waals surface area contributed by atoms with Gasteiger partial charge in [-0.15, -0.1) is 0 Å². The monoisotopic (exact) mass is 641 g/mol. The molecule has 1 aliphatic heterocycles. The number of nitrogens with zero attached hydrogens (tertiary/aromatic N) is 2. The van der Waals surface area contributed by atoms with Crippen LogP contribution in [-0.4, -0.2) is 54.7 Å². The molecule has 3 heterocycles. The fourth-order valence-corrected chi connectivity index (χ4v) is 6.98. The molecule has 3 aromatic carbocycles. The minimum Gasteiger partial charge on any atom is -0.481 e. The number of carbonyl (C=O) groups excluding carboxylic acids is 1. The predicted molar refractivity (Wildman–Crippen MR) is 185 cm³/mol. The minimum atomic E-state index is 0.151. The van der Waals surface area contributed by atoms with Gasteiger partial charge in [0.2, 0.25) is 11.8 Å². The fraction of sp³-hybridized carbons (Fsp3) is 0.297. The van der Waals surface area contributed by atoms with Crippen molar-refractivity contribution in [2.75, 3.05) is 28.3 Å². The first-order valence-corrected chi connectivity index (χ1v) is 16.2. The lowest BCUT2D eigenvalue weighted by Gasteiger charge is -2.23. The van der Waals surface area contributed by atoms with E-state index in [1.54, 1.807) is 7.11 Å². The summed E-state index contributed by atoms with van der Waals surface area (Å²) >= 11 is 14.2. The summed E-state index contributed by atoms with van der Waals surface area (Å²) in [6, 6.07) is 22.8. The Morgan fingerprint density at radius 1 is 0.911 bits per heavy atom. The number of nitrogens with one attached hydrogen (secondary N) is 2. The maximum absolute atomic E-state index is 11.5. The van der Waals surface area contributed by atoms with Crippen LogP contribution in [0.5, 0.6) is 5.88 Å². The summed E-state index contributed by atoms with van der Waals surface area (Å²) in [5.74, 6) is 0.743. The molecule has 45 heavy (non-hydrogen) atoms. The topological polar surface area (TPSA) is 67.0 Å². The highest BCUT2D eigenvalue weighted by Crippen LogP contribution is 2.43. The maximum atomic E-state index is 11.5. The van der Waals surface area contributed by atoms with Crippen LogP contribution in [0, 0.1) is 0 Å². The van der Waals surface area contributed by atoms with Crippen molar-refractivity contribution in [1.29, 1.82) is 0 Å². The summed E-state index contributed by atoms with van der Waals surface area (Å²) in [6.45, 7) is 0.940. The standard InChI is InChI=1S/C37H38Cl2N4O2/c1-43(2,3)22-25-21-40-33-20-24(14-17-27(25)33)28-10-6-11-29(35(28)38)30-12-7-13-31(36(30)39)32-18-15-23(37(42-32)45-4)8-5-9-26-16-19-34(44)41-26/h6-7,10-15,17-18,20-21,26,40H,5,8-9,16,19,22H2,1-4H3/p+1/t26-/m1/s1. The Bertz CT molecular complexity index is 1870. The van der Waals surface area contributed by atoms with E-state index >= 15 is 0 Å². The van der Waals surface area contributed by atoms with E-state index in [0.717, 1.165) is 81.3 Å². The molecule has 6 rings (SSSR count). The molecule has 0 spiro atoms. The number of halogens is 2. The summed E-state index contributed by atoms with van der Waals surface area (Å²) in [5, 5.41) is 5.50. The van der Waals surface area contributed by atoms with E-state index in [1.165, 1.54) is 10.9 Å². The van der Waals surface area contributed by atoms with Crippen molar-refractivity contribution >= 4 is 40.0 Å². The van der Waals surface area contributed by atoms with E-state index in [4.69, 9.17) is 32.9 Å². The number of quaternary nitrogens is 1. The third-order valence-electron chi connectivity index (χ3n) is 8.50. The number of hydrogen-bond acceptors (Lipinski definition) is 3. The highest BCUT2D eigenvalue weighted by molar-refractivity contribution is 6.39. The minimum absolute atomic E-state index is 0.151. The number of benzene rings is 3. The number of hydrogen-bond donors (Lipinski definition) is 2. The summed E-state index contributed by atoms with van der Waals surface area (Å²) < 4.78 is 6.55. The molecule has 0 saturated carbocycles. The Morgan fingerprint density at radius 2 is 1.62 bits per heavy atom. The van der Waals surface area contributed by atoms with Gasteiger partial charge in [0.15, 0.2) is 0 Å². The van der Waals surface area contributed by atoms with E-state index in [-0.39, 0.29) is 11.9 Å². The fourth-order valence-electron chi connectivity index (χ4n) is 6.32. The molecule has 8 heteroatoms. The molecular weight excluding hydrogens is 603 g/mol. The number of methoxy groups -OCH3 is 1. The lowest BCUT2D eigenvalue weighted by atomic mass is 9.96. The van der Waals surface area contributed by atoms with Crippen LogP contribution < -0.4 is 10.1 Å². The Hall–Kier alpha value is -3.84. The van der Waals surface area contributed by atoms with Gasteiger partial charge in [-0.1, -0.05) is 77.8 Å². The zero-order chi connectivity index (χ0) is 31.7. The number of carbonyl (C=O) groups is 1. The normalized spacial score (nSPS) is 15.1. The Kier molecular flexibility index (Phi) is 8.91. The summed E-state index contributed by atoms with van der Waals surface area (Å²) in [4.78, 5) is 19.8. The third kappa shape index (κ3) is 6.74. The molecule has 0 aliphatic carbocycles. The molecule has 1 atom stereocenters. The molecule has 2 aromatic heterocycles. The molecule has 0 bridgehead atoms. The van der Waals surface area contributed by atoms with Crippen LogP contribution in [0.3, 0.4) is 0 Å². The van der Waals surface area contributed by atoms with Gasteiger partial charge in [0.25, 0.3) is 0 Å². The van der Waals surface area contributed by atoms with Crippen molar-refractivity contribution in [3.8, 4) is 39.4 Å². The smallest absolute Gasteiger partial charge is 0.220 e. The first-order chi connectivity index (χ1) is 21.6. The van der Waals surface area contributed by atoms with Gasteiger partial charge < -0.3 is 19.5 Å². The van der Waals surface area contributed by atoms with Crippen LogP contribution in [0.4, 0.5) is 0 Å². The van der Waals surface area contributed by atoms with E-state index in [0.29, 0.717) is 22.3 Å². The summed E-state index contributed by atoms with van der Waals surface area (Å²) in [5.41, 5.74) is 8.66. The number of fused-ring (bicyclic) bond motifs is 1. The molecule has 6 nitrogen and oxygen atoms in total. The Morgan fingerprint density at radius 3 is 2.31 bits per heavy atom. The number of ether oxygens (including phenoxy) is 1. The number of aromatic nitrogens is 2. The molecule has 0 radical (unpaired) electrons. The SMILES string of the molecule is COc1nc(-c2cccc(-c3cccc(-c4ccc5c(C[N+](C)(C)C)c[nH]c5c4)c3Cl)c2Cl)ccc1CCC[C@@H]1CCC(=O)N1. The van der Waals surface area contributed by atoms with Crippen LogP contribution in [0.25, 0.3) is 44.4 Å². The lowest BCUT2D eigenvalue weighted by Crippen LogP contribution is -2.33. The van der Waals surface area contributed by atoms with Crippen LogP contribution >= 0.6 is 23.2 Å². The maximum Gasteiger partial charge on any atom is 0.220 e. The average Bonchev–Trinajstić information content (AvgIpc) is 3.61. The Labute approximate surface area is 274 Å². The molecule has 1 fully saturated rings. The highest BCUT2D eigenvalue weighted by Gasteiger charge is 2.21. The molecule has 1 aliphatic rings. The van der Waals surface area contributed by atoms with Crippen LogP contribution in [0.15, 0.2) is 72.9 Å². The lowest BCUT2D eigenvalue weighted by molar-refractivity contribution is -0.883. The third-order valence-corrected chi connectivity index (χ3v) is 9.32. The van der Waals surface area contributed by atoms with Gasteiger partial charge in [0.1, 0.15) is 6.54 Å². The van der Waals surface area contributed by atoms with Crippen molar-refractivity contribution in [3.63, 3.8) is 0 Å². The first-order valence-electron chi connectivity index (χ1n) is 15.4. The van der Waals surface area contributed by atoms with Crippen molar-refractivity contribution in [2.45, 2.75) is 44.7 Å². The van der Waals surface area contributed by atoms with Crippen molar-refractivity contribution < 1.29 is 14.0 Å². The van der Waals surface area contributed by atoms with Gasteiger partial charge in [-0.05, 0) is 43.4 Å². The summed E-state index contributed by atoms with van der Waals surface area (Å²) in [7, 11) is 8.24.